The van der Waals surface area contributed by atoms with Crippen molar-refractivity contribution in [3.63, 3.8) is 0 Å². The van der Waals surface area contributed by atoms with Crippen LogP contribution >= 0.6 is 34.8 Å². The summed E-state index contributed by atoms with van der Waals surface area (Å²) >= 11 is 17.9. The molecule has 5 nitrogen and oxygen atoms in total. The van der Waals surface area contributed by atoms with Crippen LogP contribution in [0.4, 0.5) is 0 Å². The van der Waals surface area contributed by atoms with Crippen LogP contribution in [0.1, 0.15) is 17.3 Å². The Labute approximate surface area is 129 Å². The summed E-state index contributed by atoms with van der Waals surface area (Å²) in [5.74, 6) is -0.714. The smallest absolute Gasteiger partial charge is 0.345 e. The highest BCUT2D eigenvalue weighted by Gasteiger charge is 2.19. The molecule has 1 aromatic heterocycles. The average Bonchev–Trinajstić information content (AvgIpc) is 2.71. The van der Waals surface area contributed by atoms with Gasteiger partial charge >= 0.3 is 5.97 Å². The van der Waals surface area contributed by atoms with Gasteiger partial charge in [-0.3, -0.25) is 9.89 Å². The first-order chi connectivity index (χ1) is 9.45. The van der Waals surface area contributed by atoms with Crippen molar-refractivity contribution >= 4 is 40.8 Å². The summed E-state index contributed by atoms with van der Waals surface area (Å²) in [5, 5.41) is 3.33. The molecule has 0 aliphatic rings. The molecule has 0 bridgehead atoms. The summed E-state index contributed by atoms with van der Waals surface area (Å²) < 4.78 is 5.84. The Kier molecular flexibility index (Phi) is 4.42. The number of esters is 1. The van der Waals surface area contributed by atoms with Gasteiger partial charge in [-0.25, -0.2) is 9.48 Å². The molecule has 106 valence electrons. The van der Waals surface area contributed by atoms with E-state index in [1.165, 1.54) is 18.3 Å². The molecule has 1 aromatic carbocycles. The molecule has 0 atom stereocenters. The highest BCUT2D eigenvalue weighted by molar-refractivity contribution is 6.40. The van der Waals surface area contributed by atoms with Crippen molar-refractivity contribution < 1.29 is 9.53 Å². The Bertz CT molecular complexity index is 698. The molecule has 0 radical (unpaired) electrons. The molecule has 0 aliphatic carbocycles. The van der Waals surface area contributed by atoms with Gasteiger partial charge in [-0.2, -0.15) is 0 Å². The molecule has 0 spiro atoms. The minimum Gasteiger partial charge on any atom is -0.462 e. The molecule has 0 aliphatic heterocycles. The van der Waals surface area contributed by atoms with E-state index in [-0.39, 0.29) is 27.9 Å². The zero-order valence-corrected chi connectivity index (χ0v) is 12.5. The minimum absolute atomic E-state index is 0.131. The van der Waals surface area contributed by atoms with Gasteiger partial charge in [0.1, 0.15) is 11.3 Å². The number of halogens is 3. The van der Waals surface area contributed by atoms with E-state index < -0.39 is 11.5 Å². The van der Waals surface area contributed by atoms with Gasteiger partial charge in [0.05, 0.1) is 16.7 Å². The second kappa shape index (κ2) is 5.91. The summed E-state index contributed by atoms with van der Waals surface area (Å²) in [6, 6.07) is 2.89. The number of carbonyl (C=O) groups is 1. The first-order valence-electron chi connectivity index (χ1n) is 5.58. The first-order valence-corrected chi connectivity index (χ1v) is 6.71. The largest absolute Gasteiger partial charge is 0.462 e. The molecule has 1 heterocycles. The molecule has 2 rings (SSSR count). The van der Waals surface area contributed by atoms with Gasteiger partial charge < -0.3 is 4.74 Å². The topological polar surface area (TPSA) is 64.1 Å². The number of hydrogen-bond donors (Lipinski definition) is 1. The third-order valence-electron chi connectivity index (χ3n) is 2.47. The van der Waals surface area contributed by atoms with E-state index in [1.807, 2.05) is 0 Å². The maximum atomic E-state index is 12.2. The number of hydrogen-bond acceptors (Lipinski definition) is 3. The van der Waals surface area contributed by atoms with Crippen LogP contribution < -0.4 is 5.56 Å². The van der Waals surface area contributed by atoms with Crippen LogP contribution in [-0.2, 0) is 4.74 Å². The lowest BCUT2D eigenvalue weighted by molar-refractivity contribution is 0.0525. The Morgan fingerprint density at radius 1 is 1.30 bits per heavy atom. The highest BCUT2D eigenvalue weighted by Crippen LogP contribution is 2.31. The van der Waals surface area contributed by atoms with Crippen molar-refractivity contribution in [3.05, 3.63) is 49.3 Å². The molecule has 20 heavy (non-hydrogen) atoms. The van der Waals surface area contributed by atoms with E-state index in [9.17, 15) is 9.59 Å². The fourth-order valence-corrected chi connectivity index (χ4v) is 2.63. The van der Waals surface area contributed by atoms with E-state index >= 15 is 0 Å². The van der Waals surface area contributed by atoms with Crippen molar-refractivity contribution in [2.45, 2.75) is 6.92 Å². The first kappa shape index (κ1) is 15.0. The van der Waals surface area contributed by atoms with E-state index in [1.54, 1.807) is 6.92 Å². The number of nitrogens with zero attached hydrogens (tertiary/aromatic N) is 1. The maximum Gasteiger partial charge on any atom is 0.345 e. The number of benzene rings is 1. The monoisotopic (exact) mass is 334 g/mol. The summed E-state index contributed by atoms with van der Waals surface area (Å²) in [7, 11) is 0. The van der Waals surface area contributed by atoms with Crippen molar-refractivity contribution in [2.24, 2.45) is 0 Å². The molecule has 0 amide bonds. The normalized spacial score (nSPS) is 10.6. The van der Waals surface area contributed by atoms with Crippen LogP contribution in [0.3, 0.4) is 0 Å². The highest BCUT2D eigenvalue weighted by atomic mass is 35.5. The zero-order valence-electron chi connectivity index (χ0n) is 10.2. The van der Waals surface area contributed by atoms with Gasteiger partial charge in [0.25, 0.3) is 5.56 Å². The Balaban J connectivity index is 2.56. The lowest BCUT2D eigenvalue weighted by Crippen LogP contribution is -2.21. The molecule has 0 unspecified atom stereocenters. The van der Waals surface area contributed by atoms with Crippen molar-refractivity contribution in [3.8, 4) is 5.69 Å². The van der Waals surface area contributed by atoms with Crippen LogP contribution in [0.15, 0.2) is 23.1 Å². The number of rotatable bonds is 3. The molecule has 8 heteroatoms. The lowest BCUT2D eigenvalue weighted by Gasteiger charge is -2.07. The molecular weight excluding hydrogens is 327 g/mol. The Hall–Kier alpha value is -1.43. The number of ether oxygens (including phenoxy) is 1. The third kappa shape index (κ3) is 2.70. The predicted molar refractivity (Wildman–Crippen MR) is 77.4 cm³/mol. The molecular formula is C12H9Cl3N2O3. The van der Waals surface area contributed by atoms with Crippen LogP contribution in [0, 0.1) is 0 Å². The fourth-order valence-electron chi connectivity index (χ4n) is 1.64. The van der Waals surface area contributed by atoms with Gasteiger partial charge in [0.15, 0.2) is 0 Å². The lowest BCUT2D eigenvalue weighted by atomic mass is 10.3. The van der Waals surface area contributed by atoms with Crippen LogP contribution in [-0.4, -0.2) is 22.4 Å². The van der Waals surface area contributed by atoms with E-state index in [0.29, 0.717) is 5.02 Å². The quantitative estimate of drug-likeness (QED) is 0.875. The van der Waals surface area contributed by atoms with E-state index in [4.69, 9.17) is 39.5 Å². The van der Waals surface area contributed by atoms with Gasteiger partial charge in [0, 0.05) is 11.2 Å². The van der Waals surface area contributed by atoms with Crippen molar-refractivity contribution in [1.82, 2.24) is 9.78 Å². The fraction of sp³-hybridized carbons (Fsp3) is 0.167. The standard InChI is InChI=1S/C12H9Cl3N2O3/c1-2-20-12(19)7-5-16-17(11(7)18)10-8(14)3-6(13)4-9(10)15/h3-5,16H,2H2,1H3. The summed E-state index contributed by atoms with van der Waals surface area (Å²) in [6.07, 6.45) is 1.24. The maximum absolute atomic E-state index is 12.2. The number of aromatic amines is 1. The minimum atomic E-state index is -0.714. The van der Waals surface area contributed by atoms with Crippen molar-refractivity contribution in [2.75, 3.05) is 6.61 Å². The number of nitrogens with one attached hydrogen (secondary N) is 1. The van der Waals surface area contributed by atoms with Gasteiger partial charge in [-0.15, -0.1) is 0 Å². The molecule has 1 N–H and O–H groups in total. The Morgan fingerprint density at radius 3 is 2.45 bits per heavy atom. The number of carbonyl (C=O) groups excluding carboxylic acids is 1. The van der Waals surface area contributed by atoms with Crippen molar-refractivity contribution in [1.29, 1.82) is 0 Å². The third-order valence-corrected chi connectivity index (χ3v) is 3.27. The number of aromatic nitrogens is 2. The van der Waals surface area contributed by atoms with Gasteiger partial charge in [0.2, 0.25) is 0 Å². The van der Waals surface area contributed by atoms with E-state index in [0.717, 1.165) is 4.68 Å². The molecule has 2 aromatic rings. The summed E-state index contributed by atoms with van der Waals surface area (Å²) in [6.45, 7) is 1.82. The molecule has 0 saturated heterocycles. The number of H-pyrrole nitrogens is 1. The average molecular weight is 336 g/mol. The SMILES string of the molecule is CCOC(=O)c1c[nH]n(-c2c(Cl)cc(Cl)cc2Cl)c1=O. The second-order valence-electron chi connectivity index (χ2n) is 3.77. The summed E-state index contributed by atoms with van der Waals surface area (Å²) in [4.78, 5) is 23.7. The zero-order chi connectivity index (χ0) is 14.9. The second-order valence-corrected chi connectivity index (χ2v) is 5.02. The summed E-state index contributed by atoms with van der Waals surface area (Å²) in [5.41, 5.74) is -0.512. The van der Waals surface area contributed by atoms with Crippen LogP contribution in [0.5, 0.6) is 0 Å². The molecule has 0 saturated carbocycles. The van der Waals surface area contributed by atoms with Gasteiger partial charge in [-0.1, -0.05) is 34.8 Å². The van der Waals surface area contributed by atoms with Crippen LogP contribution in [0.25, 0.3) is 5.69 Å². The predicted octanol–water partition coefficient (Wildman–Crippen LogP) is 3.30. The van der Waals surface area contributed by atoms with Gasteiger partial charge in [-0.05, 0) is 19.1 Å². The van der Waals surface area contributed by atoms with Crippen LogP contribution in [0.2, 0.25) is 15.1 Å². The Morgan fingerprint density at radius 2 is 1.90 bits per heavy atom. The van der Waals surface area contributed by atoms with E-state index in [2.05, 4.69) is 5.10 Å². The molecule has 0 fully saturated rings.